The van der Waals surface area contributed by atoms with Crippen LogP contribution in [-0.2, 0) is 0 Å². The minimum Gasteiger partial charge on any atom is -0.504 e. The molecule has 0 heterocycles. The van der Waals surface area contributed by atoms with Gasteiger partial charge in [-0.3, -0.25) is 4.79 Å². The van der Waals surface area contributed by atoms with Gasteiger partial charge in [0.2, 0.25) is 0 Å². The van der Waals surface area contributed by atoms with Crippen molar-refractivity contribution in [2.75, 3.05) is 11.5 Å². The normalized spacial score (nSPS) is 12.3. The molecule has 0 aliphatic rings. The van der Waals surface area contributed by atoms with Crippen LogP contribution in [0.1, 0.15) is 24.2 Å². The smallest absolute Gasteiger partial charge is 0.251 e. The minimum atomic E-state index is -0.177. The maximum atomic E-state index is 12.0. The summed E-state index contributed by atoms with van der Waals surface area (Å²) >= 11 is 2.25. The van der Waals surface area contributed by atoms with Gasteiger partial charge in [0.1, 0.15) is 0 Å². The van der Waals surface area contributed by atoms with E-state index < -0.39 is 0 Å². The second-order valence-electron chi connectivity index (χ2n) is 4.36. The van der Waals surface area contributed by atoms with E-state index in [2.05, 4.69) is 41.8 Å². The number of hydrogen-bond donors (Lipinski definition) is 2. The van der Waals surface area contributed by atoms with Gasteiger partial charge >= 0.3 is 0 Å². The van der Waals surface area contributed by atoms with Crippen molar-refractivity contribution in [3.63, 3.8) is 0 Å². The molecule has 0 saturated heterocycles. The van der Waals surface area contributed by atoms with Crippen molar-refractivity contribution in [1.82, 2.24) is 5.32 Å². The van der Waals surface area contributed by atoms with E-state index in [4.69, 9.17) is 4.74 Å². The maximum Gasteiger partial charge on any atom is 0.251 e. The van der Waals surface area contributed by atoms with Crippen LogP contribution in [0.25, 0.3) is 0 Å². The number of ether oxygens (including phenoxy) is 1. The second-order valence-corrected chi connectivity index (χ2v) is 5.25. The lowest BCUT2D eigenvalue weighted by molar-refractivity contribution is 0.0931. The largest absolute Gasteiger partial charge is 0.504 e. The summed E-state index contributed by atoms with van der Waals surface area (Å²) in [6.07, 6.45) is 0. The van der Waals surface area contributed by atoms with Crippen LogP contribution < -0.4 is 10.1 Å². The molecule has 0 bridgehead atoms. The highest BCUT2D eigenvalue weighted by atomic mass is 127. The summed E-state index contributed by atoms with van der Waals surface area (Å²) in [7, 11) is 1.47. The molecule has 1 aromatic rings. The lowest BCUT2D eigenvalue weighted by atomic mass is 10.1. The van der Waals surface area contributed by atoms with Crippen LogP contribution in [-0.4, -0.2) is 28.6 Å². The standard InChI is InChI=1S/C13H18INO3/c1-8(2)10(7-14)15-13(17)9-4-5-12(18-3)11(16)6-9/h4-6,8,10,16H,7H2,1-3H3,(H,15,17). The van der Waals surface area contributed by atoms with E-state index in [9.17, 15) is 9.90 Å². The highest BCUT2D eigenvalue weighted by Crippen LogP contribution is 2.26. The van der Waals surface area contributed by atoms with Crippen molar-refractivity contribution < 1.29 is 14.6 Å². The number of rotatable bonds is 5. The zero-order valence-corrected chi connectivity index (χ0v) is 12.9. The molecule has 0 saturated carbocycles. The third kappa shape index (κ3) is 3.76. The Bertz CT molecular complexity index is 421. The Hall–Kier alpha value is -0.980. The van der Waals surface area contributed by atoms with Crippen LogP contribution in [0.4, 0.5) is 0 Å². The fourth-order valence-corrected chi connectivity index (χ4v) is 2.70. The quantitative estimate of drug-likeness (QED) is 0.625. The molecule has 1 rings (SSSR count). The van der Waals surface area contributed by atoms with Crippen LogP contribution in [0.15, 0.2) is 18.2 Å². The molecular weight excluding hydrogens is 345 g/mol. The molecule has 0 fully saturated rings. The van der Waals surface area contributed by atoms with Gasteiger partial charge in [-0.05, 0) is 24.1 Å². The molecule has 1 atom stereocenters. The molecule has 1 aromatic carbocycles. The number of phenols is 1. The Kier molecular flexibility index (Phi) is 5.71. The third-order valence-corrected chi connectivity index (χ3v) is 3.68. The van der Waals surface area contributed by atoms with E-state index in [-0.39, 0.29) is 17.7 Å². The van der Waals surface area contributed by atoms with Gasteiger partial charge in [-0.15, -0.1) is 0 Å². The lowest BCUT2D eigenvalue weighted by Gasteiger charge is -2.20. The van der Waals surface area contributed by atoms with E-state index >= 15 is 0 Å². The SMILES string of the molecule is COc1ccc(C(=O)NC(CI)C(C)C)cc1O. The summed E-state index contributed by atoms with van der Waals surface area (Å²) in [5.74, 6) is 0.530. The van der Waals surface area contributed by atoms with Crippen LogP contribution in [0, 0.1) is 5.92 Å². The number of methoxy groups -OCH3 is 1. The molecule has 2 N–H and O–H groups in total. The summed E-state index contributed by atoms with van der Waals surface area (Å²) in [5.41, 5.74) is 0.434. The summed E-state index contributed by atoms with van der Waals surface area (Å²) in [6, 6.07) is 4.76. The zero-order chi connectivity index (χ0) is 13.7. The molecule has 0 aliphatic carbocycles. The lowest BCUT2D eigenvalue weighted by Crippen LogP contribution is -2.39. The van der Waals surface area contributed by atoms with Gasteiger partial charge in [0.15, 0.2) is 11.5 Å². The fraction of sp³-hybridized carbons (Fsp3) is 0.462. The number of alkyl halides is 1. The minimum absolute atomic E-state index is 0.0271. The Morgan fingerprint density at radius 2 is 2.17 bits per heavy atom. The first-order chi connectivity index (χ1) is 8.49. The Balaban J connectivity index is 2.81. The molecule has 0 aromatic heterocycles. The summed E-state index contributed by atoms with van der Waals surface area (Å²) < 4.78 is 5.79. The summed E-state index contributed by atoms with van der Waals surface area (Å²) in [4.78, 5) is 12.0. The van der Waals surface area contributed by atoms with Gasteiger partial charge < -0.3 is 15.2 Å². The molecule has 0 radical (unpaired) electrons. The first-order valence-electron chi connectivity index (χ1n) is 5.73. The molecule has 0 spiro atoms. The number of carbonyl (C=O) groups excluding carboxylic acids is 1. The monoisotopic (exact) mass is 363 g/mol. The number of hydrogen-bond acceptors (Lipinski definition) is 3. The first kappa shape index (κ1) is 15.1. The maximum absolute atomic E-state index is 12.0. The van der Waals surface area contributed by atoms with Crippen LogP contribution in [0.2, 0.25) is 0 Å². The van der Waals surface area contributed by atoms with Crippen molar-refractivity contribution in [3.8, 4) is 11.5 Å². The fourth-order valence-electron chi connectivity index (χ4n) is 1.47. The van der Waals surface area contributed by atoms with Gasteiger partial charge in [-0.25, -0.2) is 0 Å². The molecular formula is C13H18INO3. The Morgan fingerprint density at radius 1 is 1.50 bits per heavy atom. The molecule has 0 aliphatic heterocycles. The van der Waals surface area contributed by atoms with Crippen molar-refractivity contribution in [2.24, 2.45) is 5.92 Å². The molecule has 1 amide bonds. The number of halogens is 1. The summed E-state index contributed by atoms with van der Waals surface area (Å²) in [5, 5.41) is 12.6. The molecule has 1 unspecified atom stereocenters. The highest BCUT2D eigenvalue weighted by Gasteiger charge is 2.16. The van der Waals surface area contributed by atoms with Crippen molar-refractivity contribution in [1.29, 1.82) is 0 Å². The van der Waals surface area contributed by atoms with Crippen LogP contribution in [0.3, 0.4) is 0 Å². The van der Waals surface area contributed by atoms with E-state index in [1.165, 1.54) is 13.2 Å². The second kappa shape index (κ2) is 6.82. The molecule has 18 heavy (non-hydrogen) atoms. The van der Waals surface area contributed by atoms with E-state index in [0.29, 0.717) is 17.2 Å². The number of aromatic hydroxyl groups is 1. The van der Waals surface area contributed by atoms with Gasteiger partial charge in [0, 0.05) is 16.0 Å². The van der Waals surface area contributed by atoms with Gasteiger partial charge in [-0.2, -0.15) is 0 Å². The number of amides is 1. The average molecular weight is 363 g/mol. The Morgan fingerprint density at radius 3 is 2.61 bits per heavy atom. The zero-order valence-electron chi connectivity index (χ0n) is 10.7. The molecule has 5 heteroatoms. The topological polar surface area (TPSA) is 58.6 Å². The number of carbonyl (C=O) groups is 1. The third-order valence-electron chi connectivity index (χ3n) is 2.73. The molecule has 100 valence electrons. The average Bonchev–Trinajstić information content (AvgIpc) is 2.35. The van der Waals surface area contributed by atoms with E-state index in [1.54, 1.807) is 12.1 Å². The van der Waals surface area contributed by atoms with Crippen molar-refractivity contribution in [3.05, 3.63) is 23.8 Å². The summed E-state index contributed by atoms with van der Waals surface area (Å²) in [6.45, 7) is 4.13. The van der Waals surface area contributed by atoms with Gasteiger partial charge in [-0.1, -0.05) is 36.4 Å². The predicted octanol–water partition coefficient (Wildman–Crippen LogP) is 2.59. The Labute approximate surface area is 121 Å². The van der Waals surface area contributed by atoms with Gasteiger partial charge in [0.05, 0.1) is 7.11 Å². The number of benzene rings is 1. The molecule has 4 nitrogen and oxygen atoms in total. The van der Waals surface area contributed by atoms with Crippen molar-refractivity contribution in [2.45, 2.75) is 19.9 Å². The van der Waals surface area contributed by atoms with Crippen LogP contribution in [0.5, 0.6) is 11.5 Å². The number of nitrogens with one attached hydrogen (secondary N) is 1. The highest BCUT2D eigenvalue weighted by molar-refractivity contribution is 14.1. The van der Waals surface area contributed by atoms with E-state index in [0.717, 1.165) is 4.43 Å². The number of phenolic OH excluding ortho intramolecular Hbond substituents is 1. The first-order valence-corrected chi connectivity index (χ1v) is 7.26. The van der Waals surface area contributed by atoms with Gasteiger partial charge in [0.25, 0.3) is 5.91 Å². The van der Waals surface area contributed by atoms with Crippen LogP contribution >= 0.6 is 22.6 Å². The van der Waals surface area contributed by atoms with E-state index in [1.807, 2.05) is 0 Å². The predicted molar refractivity (Wildman–Crippen MR) is 79.6 cm³/mol. The van der Waals surface area contributed by atoms with Crippen molar-refractivity contribution >= 4 is 28.5 Å².